The largest absolute Gasteiger partial charge is 0.481 e. The van der Waals surface area contributed by atoms with Gasteiger partial charge in [-0.1, -0.05) is 23.2 Å². The Bertz CT molecular complexity index is 738. The van der Waals surface area contributed by atoms with Gasteiger partial charge in [-0.2, -0.15) is 17.5 Å². The third-order valence-corrected chi connectivity index (χ3v) is 6.09. The first-order valence-electron chi connectivity index (χ1n) is 6.19. The normalized spacial score (nSPS) is 23.2. The van der Waals surface area contributed by atoms with E-state index in [0.717, 1.165) is 12.1 Å². The highest BCUT2D eigenvalue weighted by molar-refractivity contribution is 7.89. The molecule has 2 rings (SSSR count). The molecule has 0 aliphatic carbocycles. The Morgan fingerprint density at radius 2 is 1.87 bits per heavy atom. The van der Waals surface area contributed by atoms with Gasteiger partial charge in [0.2, 0.25) is 10.0 Å². The van der Waals surface area contributed by atoms with Gasteiger partial charge in [0.1, 0.15) is 4.90 Å². The summed E-state index contributed by atoms with van der Waals surface area (Å²) in [7, 11) is -4.37. The van der Waals surface area contributed by atoms with Gasteiger partial charge in [-0.15, -0.1) is 0 Å². The number of aliphatic carboxylic acids is 1. The number of alkyl halides is 3. The van der Waals surface area contributed by atoms with E-state index in [2.05, 4.69) is 0 Å². The highest BCUT2D eigenvalue weighted by Crippen LogP contribution is 2.40. The maximum atomic E-state index is 12.9. The molecule has 1 N–H and O–H groups in total. The summed E-state index contributed by atoms with van der Waals surface area (Å²) in [4.78, 5) is 10.6. The summed E-state index contributed by atoms with van der Waals surface area (Å²) in [5.41, 5.74) is 0. The van der Waals surface area contributed by atoms with E-state index in [4.69, 9.17) is 28.3 Å². The van der Waals surface area contributed by atoms with Gasteiger partial charge in [-0.05, 0) is 18.2 Å². The van der Waals surface area contributed by atoms with Crippen molar-refractivity contribution >= 4 is 39.2 Å². The molecule has 11 heteroatoms. The topological polar surface area (TPSA) is 74.7 Å². The molecule has 128 valence electrons. The lowest BCUT2D eigenvalue weighted by molar-refractivity contribution is -0.187. The zero-order chi connectivity index (χ0) is 17.6. The van der Waals surface area contributed by atoms with E-state index in [1.54, 1.807) is 0 Å². The zero-order valence-corrected chi connectivity index (χ0v) is 13.5. The SMILES string of the molecule is O=C(O)[C@@H]1CN(S(=O)(=O)c2ccc(Cl)cc2Cl)C[C@H]1C(F)(F)F. The monoisotopic (exact) mass is 391 g/mol. The number of nitrogens with zero attached hydrogens (tertiary/aromatic N) is 1. The fraction of sp³-hybridized carbons (Fsp3) is 0.417. The van der Waals surface area contributed by atoms with Crippen LogP contribution in [0.1, 0.15) is 0 Å². The molecule has 0 bridgehead atoms. The predicted octanol–water partition coefficient (Wildman–Crippen LogP) is 2.88. The number of hydrogen-bond donors (Lipinski definition) is 1. The van der Waals surface area contributed by atoms with Crippen molar-refractivity contribution in [1.82, 2.24) is 4.31 Å². The Labute approximate surface area is 139 Å². The molecule has 0 unspecified atom stereocenters. The van der Waals surface area contributed by atoms with Crippen LogP contribution in [-0.4, -0.2) is 43.1 Å². The van der Waals surface area contributed by atoms with E-state index >= 15 is 0 Å². The van der Waals surface area contributed by atoms with Gasteiger partial charge >= 0.3 is 12.1 Å². The summed E-state index contributed by atoms with van der Waals surface area (Å²) < 4.78 is 64.2. The standard InChI is InChI=1S/C12H10Cl2F3NO4S/c13-6-1-2-10(9(14)3-6)23(21,22)18-4-7(11(19)20)8(5-18)12(15,16)17/h1-3,7-8H,4-5H2,(H,19,20)/t7-,8-/m1/s1. The minimum atomic E-state index is -4.82. The van der Waals surface area contributed by atoms with Crippen LogP contribution >= 0.6 is 23.2 Å². The number of rotatable bonds is 3. The average Bonchev–Trinajstić information content (AvgIpc) is 2.83. The highest BCUT2D eigenvalue weighted by Gasteiger charge is 2.55. The summed E-state index contributed by atoms with van der Waals surface area (Å²) in [5, 5.41) is 8.84. The fourth-order valence-electron chi connectivity index (χ4n) is 2.37. The molecule has 1 aromatic carbocycles. The van der Waals surface area contributed by atoms with Crippen molar-refractivity contribution in [3.05, 3.63) is 28.2 Å². The number of hydrogen-bond acceptors (Lipinski definition) is 3. The first kappa shape index (κ1) is 18.3. The van der Waals surface area contributed by atoms with Crippen LogP contribution in [0.15, 0.2) is 23.1 Å². The number of carbonyl (C=O) groups is 1. The summed E-state index contributed by atoms with van der Waals surface area (Å²) in [5.74, 6) is -5.84. The van der Waals surface area contributed by atoms with Gasteiger partial charge in [-0.25, -0.2) is 8.42 Å². The van der Waals surface area contributed by atoms with Crippen LogP contribution in [0.25, 0.3) is 0 Å². The molecule has 1 aliphatic rings. The maximum absolute atomic E-state index is 12.9. The van der Waals surface area contributed by atoms with Gasteiger partial charge in [0.15, 0.2) is 0 Å². The van der Waals surface area contributed by atoms with Gasteiger partial charge in [0.25, 0.3) is 0 Å². The first-order valence-corrected chi connectivity index (χ1v) is 8.39. The Balaban J connectivity index is 2.40. The Morgan fingerprint density at radius 3 is 2.30 bits per heavy atom. The quantitative estimate of drug-likeness (QED) is 0.859. The smallest absolute Gasteiger partial charge is 0.393 e. The van der Waals surface area contributed by atoms with Crippen LogP contribution in [0.3, 0.4) is 0 Å². The predicted molar refractivity (Wildman–Crippen MR) is 75.9 cm³/mol. The molecule has 2 atom stereocenters. The van der Waals surface area contributed by atoms with Crippen LogP contribution in [-0.2, 0) is 14.8 Å². The average molecular weight is 392 g/mol. The van der Waals surface area contributed by atoms with Crippen LogP contribution in [0.2, 0.25) is 10.0 Å². The minimum Gasteiger partial charge on any atom is -0.481 e. The molecule has 1 aromatic rings. The van der Waals surface area contributed by atoms with Crippen molar-refractivity contribution in [2.45, 2.75) is 11.1 Å². The number of benzene rings is 1. The molecule has 1 aliphatic heterocycles. The second kappa shape index (κ2) is 6.12. The summed E-state index contributed by atoms with van der Waals surface area (Å²) in [6, 6.07) is 3.44. The van der Waals surface area contributed by atoms with E-state index in [9.17, 15) is 26.4 Å². The van der Waals surface area contributed by atoms with Crippen molar-refractivity contribution in [1.29, 1.82) is 0 Å². The van der Waals surface area contributed by atoms with Crippen LogP contribution < -0.4 is 0 Å². The van der Waals surface area contributed by atoms with E-state index in [0.29, 0.717) is 4.31 Å². The minimum absolute atomic E-state index is 0.159. The van der Waals surface area contributed by atoms with E-state index in [1.807, 2.05) is 0 Å². The Kier molecular flexibility index (Phi) is 4.87. The molecule has 0 aromatic heterocycles. The molecule has 0 spiro atoms. The Hall–Kier alpha value is -1.03. The van der Waals surface area contributed by atoms with Crippen LogP contribution in [0.4, 0.5) is 13.2 Å². The molecule has 1 heterocycles. The highest BCUT2D eigenvalue weighted by atomic mass is 35.5. The molecule has 0 amide bonds. The molecule has 0 saturated carbocycles. The summed E-state index contributed by atoms with van der Waals surface area (Å²) >= 11 is 11.4. The lowest BCUT2D eigenvalue weighted by atomic mass is 9.96. The van der Waals surface area contributed by atoms with Crippen molar-refractivity contribution < 1.29 is 31.5 Å². The lowest BCUT2D eigenvalue weighted by Crippen LogP contribution is -2.34. The van der Waals surface area contributed by atoms with Crippen molar-refractivity contribution in [2.24, 2.45) is 11.8 Å². The first-order chi connectivity index (χ1) is 10.4. The second-order valence-electron chi connectivity index (χ2n) is 4.99. The molecule has 5 nitrogen and oxygen atoms in total. The van der Waals surface area contributed by atoms with Gasteiger partial charge in [0.05, 0.1) is 16.9 Å². The summed E-state index contributed by atoms with van der Waals surface area (Å²) in [6.07, 6.45) is -4.82. The summed E-state index contributed by atoms with van der Waals surface area (Å²) in [6.45, 7) is -1.75. The Morgan fingerprint density at radius 1 is 1.26 bits per heavy atom. The third kappa shape index (κ3) is 3.57. The van der Waals surface area contributed by atoms with E-state index in [1.165, 1.54) is 6.07 Å². The van der Waals surface area contributed by atoms with Gasteiger partial charge < -0.3 is 5.11 Å². The fourth-order valence-corrected chi connectivity index (χ4v) is 4.61. The van der Waals surface area contributed by atoms with Crippen LogP contribution in [0.5, 0.6) is 0 Å². The van der Waals surface area contributed by atoms with Gasteiger partial charge in [0, 0.05) is 18.1 Å². The number of carboxylic acids is 1. The molecule has 1 saturated heterocycles. The number of halogens is 5. The molecular weight excluding hydrogens is 382 g/mol. The molecule has 1 fully saturated rings. The molecule has 23 heavy (non-hydrogen) atoms. The maximum Gasteiger partial charge on any atom is 0.393 e. The van der Waals surface area contributed by atoms with Crippen LogP contribution in [0, 0.1) is 11.8 Å². The van der Waals surface area contributed by atoms with E-state index < -0.39 is 52.0 Å². The van der Waals surface area contributed by atoms with Crippen molar-refractivity contribution in [3.63, 3.8) is 0 Å². The zero-order valence-electron chi connectivity index (χ0n) is 11.2. The third-order valence-electron chi connectivity index (χ3n) is 3.54. The second-order valence-corrected chi connectivity index (χ2v) is 7.74. The lowest BCUT2D eigenvalue weighted by Gasteiger charge is -2.18. The van der Waals surface area contributed by atoms with E-state index in [-0.39, 0.29) is 10.0 Å². The number of sulfonamides is 1. The molecular formula is C12H10Cl2F3NO4S. The molecule has 0 radical (unpaired) electrons. The van der Waals surface area contributed by atoms with Crippen molar-refractivity contribution in [3.8, 4) is 0 Å². The van der Waals surface area contributed by atoms with Crippen molar-refractivity contribution in [2.75, 3.05) is 13.1 Å². The van der Waals surface area contributed by atoms with Gasteiger partial charge in [-0.3, -0.25) is 4.79 Å². The number of carboxylic acid groups (broad SMARTS) is 1.